The molecule has 5 heteroatoms. The van der Waals surface area contributed by atoms with Gasteiger partial charge in [-0.05, 0) is 38.5 Å². The Hall–Kier alpha value is -0.320. The van der Waals surface area contributed by atoms with Crippen LogP contribution in [-0.2, 0) is 14.3 Å². The van der Waals surface area contributed by atoms with Gasteiger partial charge in [-0.2, -0.15) is 0 Å². The molecule has 0 aliphatic heterocycles. The molecule has 0 saturated heterocycles. The van der Waals surface area contributed by atoms with Crippen LogP contribution in [0.3, 0.4) is 0 Å². The third-order valence-electron chi connectivity index (χ3n) is 5.00. The van der Waals surface area contributed by atoms with Crippen molar-refractivity contribution < 1.29 is 49.0 Å². The molecule has 26 heavy (non-hydrogen) atoms. The molecule has 1 fully saturated rings. The molecular weight excluding hydrogens is 339 g/mol. The fourth-order valence-electron chi connectivity index (χ4n) is 3.45. The van der Waals surface area contributed by atoms with Gasteiger partial charge in [0.1, 0.15) is 0 Å². The predicted octanol–water partition coefficient (Wildman–Crippen LogP) is 1.18. The van der Waals surface area contributed by atoms with Gasteiger partial charge in [0.2, 0.25) is 0 Å². The smallest absolute Gasteiger partial charge is 0.550 e. The predicted molar refractivity (Wildman–Crippen MR) is 97.8 cm³/mol. The number of carboxylic acid groups (broad SMARTS) is 1. The first-order chi connectivity index (χ1) is 12.2. The van der Waals surface area contributed by atoms with Crippen LogP contribution in [0, 0.1) is 11.8 Å². The van der Waals surface area contributed by atoms with E-state index < -0.39 is 17.8 Å². The zero-order valence-corrected chi connectivity index (χ0v) is 18.8. The molecule has 4 nitrogen and oxygen atoms in total. The number of allylic oxidation sites excluding steroid dienone is 2. The number of rotatable bonds is 13. The molecule has 1 rings (SSSR count). The van der Waals surface area contributed by atoms with Crippen LogP contribution in [0.5, 0.6) is 0 Å². The molecule has 0 heterocycles. The van der Waals surface area contributed by atoms with Crippen molar-refractivity contribution in [2.45, 2.75) is 90.4 Å². The van der Waals surface area contributed by atoms with Gasteiger partial charge < -0.3 is 14.6 Å². The van der Waals surface area contributed by atoms with Crippen molar-refractivity contribution in [3.63, 3.8) is 0 Å². The van der Waals surface area contributed by atoms with Crippen molar-refractivity contribution in [1.29, 1.82) is 0 Å². The van der Waals surface area contributed by atoms with Gasteiger partial charge in [-0.1, -0.05) is 64.0 Å². The van der Waals surface area contributed by atoms with E-state index in [1.54, 1.807) is 0 Å². The van der Waals surface area contributed by atoms with Crippen LogP contribution in [-0.4, -0.2) is 18.5 Å². The molecule has 144 valence electrons. The van der Waals surface area contributed by atoms with Gasteiger partial charge in [0.15, 0.2) is 0 Å². The molecule has 0 radical (unpaired) electrons. The SMILES string of the molecule is CCC/C=C/CCCCCCCCOC(=O)C1CCCCC1C(=O)[O-].[Na+]. The van der Waals surface area contributed by atoms with Crippen LogP contribution in [0.4, 0.5) is 0 Å². The number of hydrogen-bond donors (Lipinski definition) is 0. The van der Waals surface area contributed by atoms with E-state index in [2.05, 4.69) is 19.1 Å². The minimum absolute atomic E-state index is 0. The number of aliphatic carboxylic acids is 1. The zero-order valence-electron chi connectivity index (χ0n) is 16.8. The Bertz CT molecular complexity index is 409. The second-order valence-electron chi connectivity index (χ2n) is 7.15. The summed E-state index contributed by atoms with van der Waals surface area (Å²) in [4.78, 5) is 23.2. The number of ether oxygens (including phenoxy) is 1. The third-order valence-corrected chi connectivity index (χ3v) is 5.00. The number of unbranched alkanes of at least 4 members (excludes halogenated alkanes) is 7. The van der Waals surface area contributed by atoms with Gasteiger partial charge in [-0.25, -0.2) is 0 Å². The van der Waals surface area contributed by atoms with Gasteiger partial charge in [0.05, 0.1) is 12.5 Å². The quantitative estimate of drug-likeness (QED) is 0.210. The van der Waals surface area contributed by atoms with Crippen molar-refractivity contribution in [3.05, 3.63) is 12.2 Å². The van der Waals surface area contributed by atoms with Gasteiger partial charge in [0, 0.05) is 11.9 Å². The third kappa shape index (κ3) is 11.4. The molecule has 2 unspecified atom stereocenters. The summed E-state index contributed by atoms with van der Waals surface area (Å²) in [5.74, 6) is -2.61. The summed E-state index contributed by atoms with van der Waals surface area (Å²) in [6, 6.07) is 0. The summed E-state index contributed by atoms with van der Waals surface area (Å²) in [6.07, 6.45) is 17.9. The maximum absolute atomic E-state index is 12.1. The van der Waals surface area contributed by atoms with E-state index in [1.807, 2.05) is 0 Å². The monoisotopic (exact) mass is 374 g/mol. The van der Waals surface area contributed by atoms with E-state index in [1.165, 1.54) is 44.9 Å². The molecule has 0 amide bonds. The van der Waals surface area contributed by atoms with E-state index in [-0.39, 0.29) is 35.5 Å². The molecule has 0 aromatic heterocycles. The topological polar surface area (TPSA) is 66.4 Å². The van der Waals surface area contributed by atoms with Crippen LogP contribution < -0.4 is 34.7 Å². The molecule has 2 atom stereocenters. The maximum Gasteiger partial charge on any atom is 1.00 e. The Morgan fingerprint density at radius 1 is 0.923 bits per heavy atom. The minimum Gasteiger partial charge on any atom is -0.550 e. The van der Waals surface area contributed by atoms with Gasteiger partial charge in [-0.3, -0.25) is 4.79 Å². The summed E-state index contributed by atoms with van der Waals surface area (Å²) in [5.41, 5.74) is 0. The number of carbonyl (C=O) groups is 2. The Morgan fingerprint density at radius 3 is 2.15 bits per heavy atom. The van der Waals surface area contributed by atoms with Crippen LogP contribution in [0.1, 0.15) is 90.4 Å². The fourth-order valence-corrected chi connectivity index (χ4v) is 3.45. The average molecular weight is 374 g/mol. The van der Waals surface area contributed by atoms with Crippen LogP contribution in [0.15, 0.2) is 12.2 Å². The molecule has 0 aromatic carbocycles. The van der Waals surface area contributed by atoms with Gasteiger partial charge in [0.25, 0.3) is 0 Å². The van der Waals surface area contributed by atoms with Crippen molar-refractivity contribution in [3.8, 4) is 0 Å². The summed E-state index contributed by atoms with van der Waals surface area (Å²) in [7, 11) is 0. The molecule has 0 N–H and O–H groups in total. The first-order valence-electron chi connectivity index (χ1n) is 10.2. The molecule has 1 aliphatic rings. The van der Waals surface area contributed by atoms with E-state index in [0.717, 1.165) is 25.7 Å². The first-order valence-corrected chi connectivity index (χ1v) is 10.2. The van der Waals surface area contributed by atoms with Crippen LogP contribution >= 0.6 is 0 Å². The Kier molecular flexibility index (Phi) is 16.6. The Morgan fingerprint density at radius 2 is 1.50 bits per heavy atom. The Balaban J connectivity index is 0.00000625. The second-order valence-corrected chi connectivity index (χ2v) is 7.15. The molecular formula is C21H35NaO4. The standard InChI is InChI=1S/C21H36O4.Na/c1-2-3-4-5-6-7-8-9-10-11-14-17-25-21(24)19-16-13-12-15-18(19)20(22)23;/h4-5,18-19H,2-3,6-17H2,1H3,(H,22,23);/q;+1/p-1/b5-4+;. The first kappa shape index (κ1) is 25.7. The number of carboxylic acids is 1. The number of esters is 1. The van der Waals surface area contributed by atoms with Crippen molar-refractivity contribution >= 4 is 11.9 Å². The second kappa shape index (κ2) is 16.8. The molecule has 0 aromatic rings. The Labute approximate surface area is 181 Å². The van der Waals surface area contributed by atoms with Crippen LogP contribution in [0.2, 0.25) is 0 Å². The largest absolute Gasteiger partial charge is 1.00 e. The van der Waals surface area contributed by atoms with Gasteiger partial charge >= 0.3 is 35.5 Å². The fraction of sp³-hybridized carbons (Fsp3) is 0.810. The van der Waals surface area contributed by atoms with Crippen molar-refractivity contribution in [2.24, 2.45) is 11.8 Å². The van der Waals surface area contributed by atoms with Crippen LogP contribution in [0.25, 0.3) is 0 Å². The normalized spacial score (nSPS) is 19.9. The summed E-state index contributed by atoms with van der Waals surface area (Å²) >= 11 is 0. The van der Waals surface area contributed by atoms with E-state index >= 15 is 0 Å². The van der Waals surface area contributed by atoms with E-state index in [0.29, 0.717) is 19.4 Å². The summed E-state index contributed by atoms with van der Waals surface area (Å²) < 4.78 is 5.31. The van der Waals surface area contributed by atoms with E-state index in [9.17, 15) is 14.7 Å². The van der Waals surface area contributed by atoms with Crippen molar-refractivity contribution in [1.82, 2.24) is 0 Å². The number of hydrogen-bond acceptors (Lipinski definition) is 4. The molecule has 0 spiro atoms. The summed E-state index contributed by atoms with van der Waals surface area (Å²) in [5, 5.41) is 11.1. The van der Waals surface area contributed by atoms with Crippen molar-refractivity contribution in [2.75, 3.05) is 6.61 Å². The molecule has 1 aliphatic carbocycles. The minimum atomic E-state index is -1.11. The molecule has 0 bridgehead atoms. The van der Waals surface area contributed by atoms with E-state index in [4.69, 9.17) is 4.74 Å². The van der Waals surface area contributed by atoms with Gasteiger partial charge in [-0.15, -0.1) is 0 Å². The average Bonchev–Trinajstić information content (AvgIpc) is 2.62. The zero-order chi connectivity index (χ0) is 18.3. The summed E-state index contributed by atoms with van der Waals surface area (Å²) in [6.45, 7) is 2.60. The maximum atomic E-state index is 12.1. The molecule has 1 saturated carbocycles. The number of carbonyl (C=O) groups excluding carboxylic acids is 2.